The largest absolute Gasteiger partial charge is 0.492 e. The number of hydrogen-bond donors (Lipinski definition) is 0. The summed E-state index contributed by atoms with van der Waals surface area (Å²) in [4.78, 5) is 0.181. The van der Waals surface area contributed by atoms with Gasteiger partial charge in [-0.3, -0.25) is 0 Å². The maximum absolute atomic E-state index is 5.71. The molecule has 0 spiro atoms. The van der Waals surface area contributed by atoms with Crippen LogP contribution in [0.25, 0.3) is 0 Å². The number of halogens is 3. The van der Waals surface area contributed by atoms with E-state index in [-0.39, 0.29) is 4.83 Å². The minimum absolute atomic E-state index is 0.181. The predicted molar refractivity (Wildman–Crippen MR) is 105 cm³/mol. The zero-order valence-corrected chi connectivity index (χ0v) is 17.3. The van der Waals surface area contributed by atoms with Crippen LogP contribution in [0, 0.1) is 10.5 Å². The van der Waals surface area contributed by atoms with Crippen LogP contribution in [0.2, 0.25) is 0 Å². The van der Waals surface area contributed by atoms with Crippen molar-refractivity contribution in [2.75, 3.05) is 6.61 Å². The van der Waals surface area contributed by atoms with E-state index in [1.165, 1.54) is 20.3 Å². The molecule has 1 unspecified atom stereocenters. The molecule has 1 nitrogen and oxygen atoms in total. The van der Waals surface area contributed by atoms with E-state index in [4.69, 9.17) is 4.74 Å². The highest BCUT2D eigenvalue weighted by Crippen LogP contribution is 2.37. The van der Waals surface area contributed by atoms with E-state index >= 15 is 0 Å². The SMILES string of the molecule is CCCOc1ccc(C(Br)c2cccc(C)c2I)cc1Br. The Morgan fingerprint density at radius 1 is 1.24 bits per heavy atom. The number of aryl methyl sites for hydroxylation is 1. The number of hydrogen-bond acceptors (Lipinski definition) is 1. The summed E-state index contributed by atoms with van der Waals surface area (Å²) in [6, 6.07) is 12.7. The van der Waals surface area contributed by atoms with Gasteiger partial charge in [-0.2, -0.15) is 0 Å². The van der Waals surface area contributed by atoms with Gasteiger partial charge < -0.3 is 4.74 Å². The number of rotatable bonds is 5. The molecule has 0 fully saturated rings. The summed E-state index contributed by atoms with van der Waals surface area (Å²) < 4.78 is 8.01. The lowest BCUT2D eigenvalue weighted by molar-refractivity contribution is 0.315. The molecule has 2 aromatic carbocycles. The molecule has 0 aromatic heterocycles. The number of alkyl halides is 1. The second-order valence-electron chi connectivity index (χ2n) is 4.88. The van der Waals surface area contributed by atoms with Crippen LogP contribution in [-0.2, 0) is 0 Å². The van der Waals surface area contributed by atoms with Gasteiger partial charge in [-0.25, -0.2) is 0 Å². The van der Waals surface area contributed by atoms with Gasteiger partial charge in [-0.1, -0.05) is 47.1 Å². The normalized spacial score (nSPS) is 12.2. The van der Waals surface area contributed by atoms with Crippen LogP contribution in [0.5, 0.6) is 5.75 Å². The topological polar surface area (TPSA) is 9.23 Å². The molecule has 2 aromatic rings. The predicted octanol–water partition coefficient (Wildman–Crippen LogP) is 6.64. The minimum Gasteiger partial charge on any atom is -0.492 e. The fourth-order valence-electron chi connectivity index (χ4n) is 2.05. The number of benzene rings is 2. The van der Waals surface area contributed by atoms with Crippen molar-refractivity contribution in [1.29, 1.82) is 0 Å². The van der Waals surface area contributed by atoms with Crippen LogP contribution >= 0.6 is 54.5 Å². The summed E-state index contributed by atoms with van der Waals surface area (Å²) in [6.07, 6.45) is 1.01. The van der Waals surface area contributed by atoms with Crippen LogP contribution in [0.1, 0.15) is 34.9 Å². The Balaban J connectivity index is 2.29. The van der Waals surface area contributed by atoms with Gasteiger partial charge in [-0.05, 0) is 80.7 Å². The van der Waals surface area contributed by atoms with Gasteiger partial charge in [-0.15, -0.1) is 0 Å². The summed E-state index contributed by atoms with van der Waals surface area (Å²) in [5.41, 5.74) is 3.82. The van der Waals surface area contributed by atoms with Crippen molar-refractivity contribution in [3.63, 3.8) is 0 Å². The molecule has 0 bridgehead atoms. The Hall–Kier alpha value is -0.0700. The van der Waals surface area contributed by atoms with Crippen LogP contribution in [0.3, 0.4) is 0 Å². The Labute approximate surface area is 156 Å². The van der Waals surface area contributed by atoms with Crippen LogP contribution in [-0.4, -0.2) is 6.61 Å². The standard InChI is InChI=1S/C17H17Br2IO/c1-3-9-21-15-8-7-12(10-14(15)18)16(19)13-6-4-5-11(2)17(13)20/h4-8,10,16H,3,9H2,1-2H3. The summed E-state index contributed by atoms with van der Waals surface area (Å²) in [5, 5.41) is 0. The second-order valence-corrected chi connectivity index (χ2v) is 7.73. The quantitative estimate of drug-likeness (QED) is 0.315. The summed E-state index contributed by atoms with van der Waals surface area (Å²) in [7, 11) is 0. The minimum atomic E-state index is 0.181. The maximum Gasteiger partial charge on any atom is 0.133 e. The van der Waals surface area contributed by atoms with E-state index in [0.717, 1.165) is 23.2 Å². The molecule has 0 heterocycles. The Morgan fingerprint density at radius 3 is 2.67 bits per heavy atom. The fourth-order valence-corrected chi connectivity index (χ4v) is 4.33. The van der Waals surface area contributed by atoms with Gasteiger partial charge in [0.15, 0.2) is 0 Å². The maximum atomic E-state index is 5.71. The molecule has 0 aliphatic carbocycles. The van der Waals surface area contributed by atoms with Gasteiger partial charge in [0.2, 0.25) is 0 Å². The summed E-state index contributed by atoms with van der Waals surface area (Å²) in [6.45, 7) is 4.99. The van der Waals surface area contributed by atoms with Gasteiger partial charge >= 0.3 is 0 Å². The van der Waals surface area contributed by atoms with Crippen molar-refractivity contribution in [1.82, 2.24) is 0 Å². The lowest BCUT2D eigenvalue weighted by Crippen LogP contribution is -1.99. The average Bonchev–Trinajstić information content (AvgIpc) is 2.48. The Kier molecular flexibility index (Phi) is 6.56. The van der Waals surface area contributed by atoms with Gasteiger partial charge in [0, 0.05) is 3.57 Å². The first-order chi connectivity index (χ1) is 10.0. The molecule has 0 N–H and O–H groups in total. The van der Waals surface area contributed by atoms with Crippen molar-refractivity contribution in [3.05, 3.63) is 61.1 Å². The fraction of sp³-hybridized carbons (Fsp3) is 0.294. The first-order valence-corrected chi connectivity index (χ1v) is 9.64. The van der Waals surface area contributed by atoms with E-state index in [2.05, 4.69) is 98.6 Å². The molecule has 21 heavy (non-hydrogen) atoms. The highest BCUT2D eigenvalue weighted by molar-refractivity contribution is 14.1. The van der Waals surface area contributed by atoms with Crippen molar-refractivity contribution < 1.29 is 4.74 Å². The molecule has 0 amide bonds. The van der Waals surface area contributed by atoms with E-state index in [0.29, 0.717) is 0 Å². The average molecular weight is 524 g/mol. The highest BCUT2D eigenvalue weighted by Gasteiger charge is 2.16. The molecular weight excluding hydrogens is 507 g/mol. The zero-order valence-electron chi connectivity index (χ0n) is 12.0. The third-order valence-electron chi connectivity index (χ3n) is 3.21. The summed E-state index contributed by atoms with van der Waals surface area (Å²) >= 11 is 9.84. The third-order valence-corrected chi connectivity index (χ3v) is 6.32. The Bertz CT molecular complexity index is 628. The van der Waals surface area contributed by atoms with Gasteiger partial charge in [0.05, 0.1) is 15.9 Å². The molecule has 2 rings (SSSR count). The molecule has 0 aliphatic rings. The van der Waals surface area contributed by atoms with Gasteiger partial charge in [0.25, 0.3) is 0 Å². The van der Waals surface area contributed by atoms with Crippen molar-refractivity contribution in [2.24, 2.45) is 0 Å². The molecule has 0 radical (unpaired) electrons. The van der Waals surface area contributed by atoms with E-state index in [1.807, 2.05) is 6.07 Å². The van der Waals surface area contributed by atoms with Crippen LogP contribution < -0.4 is 4.74 Å². The highest BCUT2D eigenvalue weighted by atomic mass is 127. The molecule has 4 heteroatoms. The second kappa shape index (κ2) is 7.97. The van der Waals surface area contributed by atoms with E-state index < -0.39 is 0 Å². The molecule has 112 valence electrons. The van der Waals surface area contributed by atoms with E-state index in [1.54, 1.807) is 0 Å². The van der Waals surface area contributed by atoms with E-state index in [9.17, 15) is 0 Å². The third kappa shape index (κ3) is 4.23. The molecule has 1 atom stereocenters. The number of ether oxygens (including phenoxy) is 1. The molecule has 0 saturated heterocycles. The first kappa shape index (κ1) is 17.3. The lowest BCUT2D eigenvalue weighted by atomic mass is 10.0. The van der Waals surface area contributed by atoms with Gasteiger partial charge in [0.1, 0.15) is 5.75 Å². The van der Waals surface area contributed by atoms with Crippen molar-refractivity contribution in [3.8, 4) is 5.75 Å². The molecule has 0 aliphatic heterocycles. The molecule has 0 saturated carbocycles. The Morgan fingerprint density at radius 2 is 2.00 bits per heavy atom. The van der Waals surface area contributed by atoms with Crippen molar-refractivity contribution >= 4 is 54.5 Å². The zero-order chi connectivity index (χ0) is 15.4. The van der Waals surface area contributed by atoms with Crippen molar-refractivity contribution in [2.45, 2.75) is 25.1 Å². The van der Waals surface area contributed by atoms with Crippen LogP contribution in [0.4, 0.5) is 0 Å². The lowest BCUT2D eigenvalue weighted by Gasteiger charge is -2.16. The first-order valence-electron chi connectivity index (χ1n) is 6.86. The monoisotopic (exact) mass is 522 g/mol. The van der Waals surface area contributed by atoms with Crippen LogP contribution in [0.15, 0.2) is 40.9 Å². The molecular formula is C17H17Br2IO. The smallest absolute Gasteiger partial charge is 0.133 e. The summed E-state index contributed by atoms with van der Waals surface area (Å²) in [5.74, 6) is 0.902.